The number of para-hydroxylation sites is 1. The molecule has 0 saturated carbocycles. The molecule has 0 fully saturated rings. The first-order valence-corrected chi connectivity index (χ1v) is 11.3. The number of hydroxylamine groups is 1. The molecule has 0 bridgehead atoms. The summed E-state index contributed by atoms with van der Waals surface area (Å²) in [6.07, 6.45) is 0. The lowest BCUT2D eigenvalue weighted by atomic mass is 9.86. The van der Waals surface area contributed by atoms with Crippen molar-refractivity contribution in [3.05, 3.63) is 66.2 Å². The van der Waals surface area contributed by atoms with Crippen molar-refractivity contribution in [2.75, 3.05) is 12.4 Å². The van der Waals surface area contributed by atoms with Gasteiger partial charge in [-0.3, -0.25) is 0 Å². The van der Waals surface area contributed by atoms with E-state index in [0.29, 0.717) is 28.8 Å². The van der Waals surface area contributed by atoms with E-state index in [-0.39, 0.29) is 16.9 Å². The number of nitrogens with one attached hydrogen (secondary N) is 2. The van der Waals surface area contributed by atoms with E-state index < -0.39 is 6.03 Å². The van der Waals surface area contributed by atoms with Gasteiger partial charge in [0.05, 0.1) is 7.11 Å². The molecule has 35 heavy (non-hydrogen) atoms. The Morgan fingerprint density at radius 1 is 0.857 bits per heavy atom. The number of anilines is 1. The molecule has 0 aliphatic heterocycles. The lowest BCUT2D eigenvalue weighted by molar-refractivity contribution is 0.130. The maximum Gasteiger partial charge on any atom is 0.352 e. The van der Waals surface area contributed by atoms with Crippen molar-refractivity contribution in [3.63, 3.8) is 0 Å². The highest BCUT2D eigenvalue weighted by atomic mass is 16.7. The Morgan fingerprint density at radius 3 is 2.14 bits per heavy atom. The van der Waals surface area contributed by atoms with Crippen molar-refractivity contribution in [2.45, 2.75) is 52.6 Å². The highest BCUT2D eigenvalue weighted by Crippen LogP contribution is 2.36. The minimum Gasteiger partial charge on any atom is -0.488 e. The van der Waals surface area contributed by atoms with E-state index in [9.17, 15) is 4.79 Å². The van der Waals surface area contributed by atoms with Crippen LogP contribution in [0.2, 0.25) is 0 Å². The maximum atomic E-state index is 12.5. The van der Waals surface area contributed by atoms with Gasteiger partial charge in [-0.1, -0.05) is 39.0 Å². The fraction of sp³-hybridized carbons (Fsp3) is 0.333. The van der Waals surface area contributed by atoms with Gasteiger partial charge < -0.3 is 24.4 Å². The maximum absolute atomic E-state index is 12.5. The largest absolute Gasteiger partial charge is 0.488 e. The summed E-state index contributed by atoms with van der Waals surface area (Å²) in [5, 5.41) is 2.71. The number of nitrogens with zero attached hydrogens (tertiary/aromatic N) is 1. The Morgan fingerprint density at radius 2 is 1.51 bits per heavy atom. The number of rotatable bonds is 7. The summed E-state index contributed by atoms with van der Waals surface area (Å²) in [7, 11) is 1.51. The first-order valence-electron chi connectivity index (χ1n) is 11.3. The zero-order valence-electron chi connectivity index (χ0n) is 21.3. The Hall–Kier alpha value is -3.94. The number of hydrogen-bond donors (Lipinski definition) is 2. The summed E-state index contributed by atoms with van der Waals surface area (Å²) in [6, 6.07) is 17.3. The lowest BCUT2D eigenvalue weighted by Gasteiger charge is -2.23. The molecule has 2 aromatic carbocycles. The van der Waals surface area contributed by atoms with Gasteiger partial charge in [-0.15, -0.1) is 0 Å². The molecule has 8 heteroatoms. The van der Waals surface area contributed by atoms with Crippen molar-refractivity contribution in [2.24, 2.45) is 0 Å². The van der Waals surface area contributed by atoms with Crippen LogP contribution in [0.25, 0.3) is 0 Å². The number of urea groups is 1. The van der Waals surface area contributed by atoms with E-state index in [0.717, 1.165) is 5.56 Å². The zero-order chi connectivity index (χ0) is 25.6. The van der Waals surface area contributed by atoms with Crippen molar-refractivity contribution in [3.8, 4) is 29.0 Å². The molecule has 3 aromatic rings. The van der Waals surface area contributed by atoms with Crippen LogP contribution in [0.5, 0.6) is 29.0 Å². The van der Waals surface area contributed by atoms with E-state index >= 15 is 0 Å². The molecule has 2 amide bonds. The second kappa shape index (κ2) is 10.5. The van der Waals surface area contributed by atoms with Gasteiger partial charge in [-0.05, 0) is 62.6 Å². The summed E-state index contributed by atoms with van der Waals surface area (Å²) < 4.78 is 17.2. The molecule has 1 aromatic heterocycles. The standard InChI is InChI=1S/C27H33N3O5/c1-26(2,3)20-10-8-9-11-22(20)33-24-21(16-17-23(29-24)32-7)28-25(31)30-35-19-14-12-18(13-15-19)34-27(4,5)6/h8-17H,1-7H3,(H2,28,30,31). The summed E-state index contributed by atoms with van der Waals surface area (Å²) >= 11 is 0. The molecule has 0 aliphatic carbocycles. The van der Waals surface area contributed by atoms with E-state index in [2.05, 4.69) is 36.6 Å². The highest BCUT2D eigenvalue weighted by molar-refractivity contribution is 5.90. The van der Waals surface area contributed by atoms with Crippen LogP contribution in [-0.2, 0) is 5.41 Å². The number of pyridine rings is 1. The van der Waals surface area contributed by atoms with Crippen LogP contribution in [-0.4, -0.2) is 23.7 Å². The number of hydrogen-bond acceptors (Lipinski definition) is 6. The molecule has 3 rings (SSSR count). The molecular formula is C27H33N3O5. The van der Waals surface area contributed by atoms with Gasteiger partial charge in [0.2, 0.25) is 11.8 Å². The first-order chi connectivity index (χ1) is 16.4. The quantitative estimate of drug-likeness (QED) is 0.377. The molecule has 0 atom stereocenters. The van der Waals surface area contributed by atoms with Gasteiger partial charge in [0.25, 0.3) is 0 Å². The summed E-state index contributed by atoms with van der Waals surface area (Å²) in [5.74, 6) is 2.34. The van der Waals surface area contributed by atoms with E-state index in [1.54, 1.807) is 36.4 Å². The topological polar surface area (TPSA) is 90.9 Å². The number of methoxy groups -OCH3 is 1. The van der Waals surface area contributed by atoms with E-state index in [1.165, 1.54) is 7.11 Å². The van der Waals surface area contributed by atoms with Crippen molar-refractivity contribution in [1.82, 2.24) is 10.5 Å². The molecule has 0 spiro atoms. The fourth-order valence-corrected chi connectivity index (χ4v) is 3.17. The van der Waals surface area contributed by atoms with Crippen LogP contribution in [0.3, 0.4) is 0 Å². The molecule has 0 saturated heterocycles. The summed E-state index contributed by atoms with van der Waals surface area (Å²) in [6.45, 7) is 12.2. The van der Waals surface area contributed by atoms with Gasteiger partial charge >= 0.3 is 6.03 Å². The monoisotopic (exact) mass is 479 g/mol. The Labute approximate surface area is 206 Å². The SMILES string of the molecule is COc1ccc(NC(=O)NOc2ccc(OC(C)(C)C)cc2)c(Oc2ccccc2C(C)(C)C)n1. The molecule has 1 heterocycles. The highest BCUT2D eigenvalue weighted by Gasteiger charge is 2.21. The predicted octanol–water partition coefficient (Wildman–Crippen LogP) is 6.47. The third-order valence-corrected chi connectivity index (χ3v) is 4.70. The first kappa shape index (κ1) is 25.7. The molecule has 0 radical (unpaired) electrons. The van der Waals surface area contributed by atoms with Crippen LogP contribution < -0.4 is 29.8 Å². The van der Waals surface area contributed by atoms with Crippen molar-refractivity contribution < 1.29 is 23.8 Å². The van der Waals surface area contributed by atoms with Gasteiger partial charge in [-0.25, -0.2) is 4.79 Å². The lowest BCUT2D eigenvalue weighted by Crippen LogP contribution is -2.31. The molecular weight excluding hydrogens is 446 g/mol. The van der Waals surface area contributed by atoms with Crippen LogP contribution in [0, 0.1) is 0 Å². The van der Waals surface area contributed by atoms with Crippen LogP contribution in [0.15, 0.2) is 60.7 Å². The Kier molecular flexibility index (Phi) is 7.74. The Balaban J connectivity index is 1.71. The Bertz CT molecular complexity index is 1150. The zero-order valence-corrected chi connectivity index (χ0v) is 21.3. The van der Waals surface area contributed by atoms with Gasteiger partial charge in [0.15, 0.2) is 5.75 Å². The minimum absolute atomic E-state index is 0.151. The van der Waals surface area contributed by atoms with Gasteiger partial charge in [-0.2, -0.15) is 10.5 Å². The molecule has 2 N–H and O–H groups in total. The molecule has 8 nitrogen and oxygen atoms in total. The molecule has 0 aliphatic rings. The average molecular weight is 480 g/mol. The van der Waals surface area contributed by atoms with Crippen molar-refractivity contribution >= 4 is 11.7 Å². The predicted molar refractivity (Wildman–Crippen MR) is 136 cm³/mol. The number of ether oxygens (including phenoxy) is 3. The summed E-state index contributed by atoms with van der Waals surface area (Å²) in [4.78, 5) is 22.3. The second-order valence-electron chi connectivity index (χ2n) is 9.90. The van der Waals surface area contributed by atoms with Crippen LogP contribution >= 0.6 is 0 Å². The van der Waals surface area contributed by atoms with Gasteiger partial charge in [0, 0.05) is 11.6 Å². The third-order valence-electron chi connectivity index (χ3n) is 4.70. The number of benzene rings is 2. The smallest absolute Gasteiger partial charge is 0.352 e. The summed E-state index contributed by atoms with van der Waals surface area (Å²) in [5.41, 5.74) is 3.26. The number of amides is 2. The third kappa shape index (κ3) is 7.53. The second-order valence-corrected chi connectivity index (χ2v) is 9.90. The van der Waals surface area contributed by atoms with E-state index in [4.69, 9.17) is 19.0 Å². The fourth-order valence-electron chi connectivity index (χ4n) is 3.17. The number of aromatic nitrogens is 1. The number of carbonyl (C=O) groups excluding carboxylic acids is 1. The van der Waals surface area contributed by atoms with Crippen molar-refractivity contribution in [1.29, 1.82) is 0 Å². The average Bonchev–Trinajstić information content (AvgIpc) is 2.78. The van der Waals surface area contributed by atoms with Crippen LogP contribution in [0.4, 0.5) is 10.5 Å². The number of carbonyl (C=O) groups is 1. The normalized spacial score (nSPS) is 11.4. The van der Waals surface area contributed by atoms with E-state index in [1.807, 2.05) is 45.0 Å². The van der Waals surface area contributed by atoms with Gasteiger partial charge in [0.1, 0.15) is 22.8 Å². The molecule has 186 valence electrons. The van der Waals surface area contributed by atoms with Crippen LogP contribution in [0.1, 0.15) is 47.1 Å². The minimum atomic E-state index is -0.596. The molecule has 0 unspecified atom stereocenters.